The Kier molecular flexibility index (Phi) is 4.43. The minimum Gasteiger partial charge on any atom is -0.478 e. The first-order chi connectivity index (χ1) is 9.91. The monoisotopic (exact) mass is 348 g/mol. The summed E-state index contributed by atoms with van der Waals surface area (Å²) in [5.41, 5.74) is 1.89. The molecule has 0 aromatic heterocycles. The molecule has 0 aliphatic heterocycles. The van der Waals surface area contributed by atoms with Crippen molar-refractivity contribution in [3.63, 3.8) is 0 Å². The highest BCUT2D eigenvalue weighted by Crippen LogP contribution is 2.30. The maximum Gasteiger partial charge on any atom is 0.337 e. The van der Waals surface area contributed by atoms with Crippen molar-refractivity contribution in [2.45, 2.75) is 13.3 Å². The third-order valence-corrected chi connectivity index (χ3v) is 4.19. The smallest absolute Gasteiger partial charge is 0.337 e. The summed E-state index contributed by atoms with van der Waals surface area (Å²) in [7, 11) is 0. The van der Waals surface area contributed by atoms with Crippen molar-refractivity contribution >= 4 is 27.9 Å². The number of carboxylic acids is 2. The van der Waals surface area contributed by atoms with Gasteiger partial charge in [0.2, 0.25) is 0 Å². The number of carbonyl (C=O) groups is 2. The highest BCUT2D eigenvalue weighted by Gasteiger charge is 2.21. The third-order valence-electron chi connectivity index (χ3n) is 3.28. The molecule has 2 N–H and O–H groups in total. The van der Waals surface area contributed by atoms with Crippen molar-refractivity contribution in [2.75, 3.05) is 0 Å². The Morgan fingerprint density at radius 1 is 1.10 bits per heavy atom. The molecule has 0 fully saturated rings. The Hall–Kier alpha value is -2.14. The minimum absolute atomic E-state index is 0.000770. The molecule has 21 heavy (non-hydrogen) atoms. The van der Waals surface area contributed by atoms with Gasteiger partial charge in [-0.2, -0.15) is 0 Å². The summed E-state index contributed by atoms with van der Waals surface area (Å²) in [5.74, 6) is -2.27. The lowest BCUT2D eigenvalue weighted by Gasteiger charge is -2.13. The molecule has 0 heterocycles. The zero-order chi connectivity index (χ0) is 15.6. The van der Waals surface area contributed by atoms with Crippen LogP contribution in [0.25, 0.3) is 0 Å². The predicted molar refractivity (Wildman–Crippen MR) is 82.0 cm³/mol. The van der Waals surface area contributed by atoms with E-state index in [9.17, 15) is 19.8 Å². The van der Waals surface area contributed by atoms with E-state index in [1.165, 1.54) is 13.0 Å². The van der Waals surface area contributed by atoms with Crippen LogP contribution in [0.1, 0.15) is 37.4 Å². The number of aromatic carboxylic acids is 2. The van der Waals surface area contributed by atoms with Crippen LogP contribution < -0.4 is 0 Å². The van der Waals surface area contributed by atoms with E-state index in [-0.39, 0.29) is 16.7 Å². The number of halogens is 1. The van der Waals surface area contributed by atoms with Gasteiger partial charge in [-0.05, 0) is 52.0 Å². The van der Waals surface area contributed by atoms with E-state index in [1.807, 2.05) is 30.3 Å². The lowest BCUT2D eigenvalue weighted by atomic mass is 9.95. The summed E-state index contributed by atoms with van der Waals surface area (Å²) in [5, 5.41) is 18.6. The molecule has 2 aromatic rings. The second kappa shape index (κ2) is 6.10. The van der Waals surface area contributed by atoms with Crippen LogP contribution in [-0.2, 0) is 6.42 Å². The molecule has 0 atom stereocenters. The summed E-state index contributed by atoms with van der Waals surface area (Å²) in [6.45, 7) is 1.50. The average molecular weight is 349 g/mol. The van der Waals surface area contributed by atoms with E-state index in [0.29, 0.717) is 16.5 Å². The van der Waals surface area contributed by atoms with Gasteiger partial charge in [-0.25, -0.2) is 9.59 Å². The Morgan fingerprint density at radius 3 is 2.24 bits per heavy atom. The number of benzene rings is 2. The Morgan fingerprint density at radius 2 is 1.71 bits per heavy atom. The molecular formula is C16H13BrO4. The maximum absolute atomic E-state index is 11.4. The molecule has 4 nitrogen and oxygen atoms in total. The van der Waals surface area contributed by atoms with Gasteiger partial charge in [0.1, 0.15) is 0 Å². The second-order valence-electron chi connectivity index (χ2n) is 4.67. The fourth-order valence-electron chi connectivity index (χ4n) is 2.23. The van der Waals surface area contributed by atoms with Crippen LogP contribution in [0.4, 0.5) is 0 Å². The van der Waals surface area contributed by atoms with Gasteiger partial charge >= 0.3 is 11.9 Å². The molecule has 0 radical (unpaired) electrons. The zero-order valence-corrected chi connectivity index (χ0v) is 12.8. The Labute approximate surface area is 130 Å². The molecular weight excluding hydrogens is 336 g/mol. The van der Waals surface area contributed by atoms with Crippen LogP contribution >= 0.6 is 15.9 Å². The van der Waals surface area contributed by atoms with Gasteiger partial charge < -0.3 is 10.2 Å². The van der Waals surface area contributed by atoms with Crippen molar-refractivity contribution in [1.29, 1.82) is 0 Å². The van der Waals surface area contributed by atoms with Crippen LogP contribution in [0.15, 0.2) is 40.9 Å². The number of hydrogen-bond donors (Lipinski definition) is 2. The van der Waals surface area contributed by atoms with Gasteiger partial charge in [0.05, 0.1) is 11.1 Å². The fraction of sp³-hybridized carbons (Fsp3) is 0.125. The molecule has 0 aliphatic rings. The van der Waals surface area contributed by atoms with Crippen LogP contribution in [0.2, 0.25) is 0 Å². The topological polar surface area (TPSA) is 74.6 Å². The van der Waals surface area contributed by atoms with Gasteiger partial charge in [-0.15, -0.1) is 0 Å². The third kappa shape index (κ3) is 3.13. The molecule has 108 valence electrons. The van der Waals surface area contributed by atoms with Crippen molar-refractivity contribution in [2.24, 2.45) is 0 Å². The van der Waals surface area contributed by atoms with E-state index < -0.39 is 11.9 Å². The van der Waals surface area contributed by atoms with Crippen LogP contribution in [0, 0.1) is 6.92 Å². The van der Waals surface area contributed by atoms with E-state index in [4.69, 9.17) is 0 Å². The number of carboxylic acid groups (broad SMARTS) is 2. The standard InChI is InChI=1S/C16H13BrO4/c1-9-12(15(18)19)8-11(14(17)13(9)16(20)21)7-10-5-3-2-4-6-10/h2-6,8H,7H2,1H3,(H,18,19)(H,20,21). The Balaban J connectivity index is 2.60. The normalized spacial score (nSPS) is 10.4. The minimum atomic E-state index is -1.14. The predicted octanol–water partition coefficient (Wildman–Crippen LogP) is 3.74. The van der Waals surface area contributed by atoms with Crippen LogP contribution in [0.5, 0.6) is 0 Å². The van der Waals surface area contributed by atoms with E-state index in [0.717, 1.165) is 5.56 Å². The van der Waals surface area contributed by atoms with Gasteiger partial charge in [-0.3, -0.25) is 0 Å². The summed E-state index contributed by atoms with van der Waals surface area (Å²) >= 11 is 3.30. The van der Waals surface area contributed by atoms with Crippen molar-refractivity contribution in [3.05, 3.63) is 68.7 Å². The maximum atomic E-state index is 11.4. The van der Waals surface area contributed by atoms with Gasteiger partial charge in [0.15, 0.2) is 0 Å². The van der Waals surface area contributed by atoms with Crippen LogP contribution in [-0.4, -0.2) is 22.2 Å². The van der Waals surface area contributed by atoms with E-state index in [1.54, 1.807) is 0 Å². The lowest BCUT2D eigenvalue weighted by Crippen LogP contribution is -2.10. The van der Waals surface area contributed by atoms with Crippen molar-refractivity contribution < 1.29 is 19.8 Å². The molecule has 5 heteroatoms. The SMILES string of the molecule is Cc1c(C(=O)O)cc(Cc2ccccc2)c(Br)c1C(=O)O. The largest absolute Gasteiger partial charge is 0.478 e. The molecule has 0 saturated heterocycles. The van der Waals surface area contributed by atoms with E-state index in [2.05, 4.69) is 15.9 Å². The summed E-state index contributed by atoms with van der Waals surface area (Å²) in [6.07, 6.45) is 0.461. The highest BCUT2D eigenvalue weighted by atomic mass is 79.9. The first-order valence-electron chi connectivity index (χ1n) is 6.24. The van der Waals surface area contributed by atoms with Crippen molar-refractivity contribution in [1.82, 2.24) is 0 Å². The fourth-order valence-corrected chi connectivity index (χ4v) is 2.95. The van der Waals surface area contributed by atoms with E-state index >= 15 is 0 Å². The average Bonchev–Trinajstić information content (AvgIpc) is 2.42. The molecule has 0 unspecified atom stereocenters. The summed E-state index contributed by atoms with van der Waals surface area (Å²) in [6, 6.07) is 11.0. The number of rotatable bonds is 4. The molecule has 2 aromatic carbocycles. The summed E-state index contributed by atoms with van der Waals surface area (Å²) in [4.78, 5) is 22.7. The zero-order valence-electron chi connectivity index (χ0n) is 11.3. The molecule has 0 amide bonds. The summed E-state index contributed by atoms with van der Waals surface area (Å²) < 4.78 is 0.432. The van der Waals surface area contributed by atoms with Gasteiger partial charge in [0, 0.05) is 4.47 Å². The second-order valence-corrected chi connectivity index (χ2v) is 5.46. The quantitative estimate of drug-likeness (QED) is 0.882. The van der Waals surface area contributed by atoms with Crippen LogP contribution in [0.3, 0.4) is 0 Å². The molecule has 0 spiro atoms. The Bertz CT molecular complexity index is 708. The van der Waals surface area contributed by atoms with Gasteiger partial charge in [-0.1, -0.05) is 30.3 Å². The number of hydrogen-bond acceptors (Lipinski definition) is 2. The van der Waals surface area contributed by atoms with Crippen molar-refractivity contribution in [3.8, 4) is 0 Å². The lowest BCUT2D eigenvalue weighted by molar-refractivity contribution is 0.0695. The first-order valence-corrected chi connectivity index (χ1v) is 7.03. The highest BCUT2D eigenvalue weighted by molar-refractivity contribution is 9.10. The first kappa shape index (κ1) is 15.3. The molecule has 0 bridgehead atoms. The molecule has 0 aliphatic carbocycles. The molecule has 2 rings (SSSR count). The van der Waals surface area contributed by atoms with Gasteiger partial charge in [0.25, 0.3) is 0 Å². The molecule has 0 saturated carbocycles.